The van der Waals surface area contributed by atoms with E-state index in [9.17, 15) is 4.39 Å². The van der Waals surface area contributed by atoms with Crippen molar-refractivity contribution >= 4 is 0 Å². The molecule has 1 aromatic rings. The molecule has 88 valence electrons. The van der Waals surface area contributed by atoms with Gasteiger partial charge < -0.3 is 10.5 Å². The van der Waals surface area contributed by atoms with Crippen LogP contribution < -0.4 is 10.5 Å². The van der Waals surface area contributed by atoms with Gasteiger partial charge in [-0.25, -0.2) is 4.39 Å². The second kappa shape index (κ2) is 5.66. The van der Waals surface area contributed by atoms with Gasteiger partial charge in [-0.05, 0) is 32.0 Å². The SMILES string of the molecule is C=C(C)CCOc1ccc(F)cc1C(C)N. The molecule has 1 aromatic carbocycles. The maximum absolute atomic E-state index is 13.0. The molecule has 0 saturated heterocycles. The second-order valence-corrected chi connectivity index (χ2v) is 4.03. The Kier molecular flexibility index (Phi) is 4.50. The smallest absolute Gasteiger partial charge is 0.124 e. The van der Waals surface area contributed by atoms with E-state index in [1.54, 1.807) is 13.0 Å². The molecular weight excluding hydrogens is 205 g/mol. The normalized spacial score (nSPS) is 12.2. The topological polar surface area (TPSA) is 35.2 Å². The third-order valence-corrected chi connectivity index (χ3v) is 2.25. The molecule has 0 aliphatic carbocycles. The average molecular weight is 223 g/mol. The van der Waals surface area contributed by atoms with Gasteiger partial charge in [0.2, 0.25) is 0 Å². The van der Waals surface area contributed by atoms with Crippen LogP contribution in [-0.2, 0) is 0 Å². The molecule has 2 nitrogen and oxygen atoms in total. The molecule has 0 aliphatic heterocycles. The summed E-state index contributed by atoms with van der Waals surface area (Å²) in [6.45, 7) is 8.09. The first-order valence-electron chi connectivity index (χ1n) is 5.33. The molecule has 16 heavy (non-hydrogen) atoms. The lowest BCUT2D eigenvalue weighted by molar-refractivity contribution is 0.316. The number of benzene rings is 1. The van der Waals surface area contributed by atoms with Crippen LogP contribution in [0.5, 0.6) is 5.75 Å². The van der Waals surface area contributed by atoms with Gasteiger partial charge in [0.25, 0.3) is 0 Å². The van der Waals surface area contributed by atoms with E-state index < -0.39 is 0 Å². The summed E-state index contributed by atoms with van der Waals surface area (Å²) in [6.07, 6.45) is 0.787. The van der Waals surface area contributed by atoms with Crippen LogP contribution in [0.1, 0.15) is 31.9 Å². The van der Waals surface area contributed by atoms with E-state index in [-0.39, 0.29) is 11.9 Å². The van der Waals surface area contributed by atoms with Crippen LogP contribution >= 0.6 is 0 Å². The predicted octanol–water partition coefficient (Wildman–Crippen LogP) is 3.19. The molecule has 2 N–H and O–H groups in total. The van der Waals surface area contributed by atoms with Crippen LogP contribution in [0.25, 0.3) is 0 Å². The first-order chi connectivity index (χ1) is 7.50. The molecule has 0 saturated carbocycles. The number of hydrogen-bond donors (Lipinski definition) is 1. The molecule has 0 amide bonds. The summed E-state index contributed by atoms with van der Waals surface area (Å²) >= 11 is 0. The monoisotopic (exact) mass is 223 g/mol. The van der Waals surface area contributed by atoms with Crippen molar-refractivity contribution in [3.8, 4) is 5.75 Å². The Balaban J connectivity index is 2.74. The minimum Gasteiger partial charge on any atom is -0.493 e. The summed E-state index contributed by atoms with van der Waals surface area (Å²) in [5.74, 6) is 0.359. The van der Waals surface area contributed by atoms with Crippen LogP contribution in [0.15, 0.2) is 30.4 Å². The minimum absolute atomic E-state index is 0.240. The quantitative estimate of drug-likeness (QED) is 0.778. The van der Waals surface area contributed by atoms with Crippen molar-refractivity contribution in [1.82, 2.24) is 0 Å². The summed E-state index contributed by atoms with van der Waals surface area (Å²) in [5.41, 5.74) is 7.51. The van der Waals surface area contributed by atoms with Gasteiger partial charge in [-0.15, -0.1) is 6.58 Å². The van der Waals surface area contributed by atoms with E-state index in [0.29, 0.717) is 17.9 Å². The van der Waals surface area contributed by atoms with Gasteiger partial charge >= 0.3 is 0 Å². The van der Waals surface area contributed by atoms with Crippen molar-refractivity contribution in [1.29, 1.82) is 0 Å². The molecule has 0 spiro atoms. The van der Waals surface area contributed by atoms with E-state index in [1.807, 2.05) is 6.92 Å². The van der Waals surface area contributed by atoms with Crippen LogP contribution in [0.3, 0.4) is 0 Å². The maximum atomic E-state index is 13.0. The van der Waals surface area contributed by atoms with E-state index >= 15 is 0 Å². The van der Waals surface area contributed by atoms with Gasteiger partial charge in [-0.1, -0.05) is 5.57 Å². The van der Waals surface area contributed by atoms with Crippen LogP contribution in [0.4, 0.5) is 4.39 Å². The highest BCUT2D eigenvalue weighted by Gasteiger charge is 2.09. The molecule has 1 unspecified atom stereocenters. The fourth-order valence-electron chi connectivity index (χ4n) is 1.34. The second-order valence-electron chi connectivity index (χ2n) is 4.03. The molecule has 1 rings (SSSR count). The molecule has 0 aromatic heterocycles. The van der Waals surface area contributed by atoms with Crippen molar-refractivity contribution < 1.29 is 9.13 Å². The molecule has 0 heterocycles. The molecule has 0 bridgehead atoms. The highest BCUT2D eigenvalue weighted by atomic mass is 19.1. The maximum Gasteiger partial charge on any atom is 0.124 e. The number of ether oxygens (including phenoxy) is 1. The van der Waals surface area contributed by atoms with Crippen LogP contribution in [0, 0.1) is 5.82 Å². The first kappa shape index (κ1) is 12.7. The lowest BCUT2D eigenvalue weighted by Gasteiger charge is -2.14. The summed E-state index contributed by atoms with van der Waals surface area (Å²) in [7, 11) is 0. The number of rotatable bonds is 5. The molecule has 1 atom stereocenters. The Morgan fingerprint density at radius 3 is 2.81 bits per heavy atom. The van der Waals surface area contributed by atoms with Crippen molar-refractivity contribution in [3.63, 3.8) is 0 Å². The summed E-state index contributed by atoms with van der Waals surface area (Å²) in [5, 5.41) is 0. The van der Waals surface area contributed by atoms with Crippen LogP contribution in [0.2, 0.25) is 0 Å². The van der Waals surface area contributed by atoms with E-state index in [2.05, 4.69) is 6.58 Å². The Labute approximate surface area is 95.9 Å². The fraction of sp³-hybridized carbons (Fsp3) is 0.385. The fourth-order valence-corrected chi connectivity index (χ4v) is 1.34. The third kappa shape index (κ3) is 3.66. The Morgan fingerprint density at radius 2 is 2.25 bits per heavy atom. The molecule has 0 aliphatic rings. The highest BCUT2D eigenvalue weighted by Crippen LogP contribution is 2.24. The van der Waals surface area contributed by atoms with Gasteiger partial charge in [-0.3, -0.25) is 0 Å². The van der Waals surface area contributed by atoms with Gasteiger partial charge in [0.05, 0.1) is 6.61 Å². The van der Waals surface area contributed by atoms with E-state index in [0.717, 1.165) is 12.0 Å². The highest BCUT2D eigenvalue weighted by molar-refractivity contribution is 5.36. The van der Waals surface area contributed by atoms with Crippen molar-refractivity contribution in [3.05, 3.63) is 41.7 Å². The number of nitrogens with two attached hydrogens (primary N) is 1. The zero-order valence-electron chi connectivity index (χ0n) is 9.79. The van der Waals surface area contributed by atoms with Crippen molar-refractivity contribution in [2.24, 2.45) is 5.73 Å². The van der Waals surface area contributed by atoms with Crippen molar-refractivity contribution in [2.45, 2.75) is 26.3 Å². The Bertz CT molecular complexity index is 374. The average Bonchev–Trinajstić information content (AvgIpc) is 2.19. The minimum atomic E-state index is -0.292. The predicted molar refractivity (Wildman–Crippen MR) is 63.9 cm³/mol. The molecular formula is C13H18FNO. The lowest BCUT2D eigenvalue weighted by Crippen LogP contribution is -2.09. The number of hydrogen-bond acceptors (Lipinski definition) is 2. The Morgan fingerprint density at radius 1 is 1.56 bits per heavy atom. The largest absolute Gasteiger partial charge is 0.493 e. The van der Waals surface area contributed by atoms with E-state index in [4.69, 9.17) is 10.5 Å². The summed E-state index contributed by atoms with van der Waals surface area (Å²) in [4.78, 5) is 0. The van der Waals surface area contributed by atoms with Gasteiger partial charge in [-0.2, -0.15) is 0 Å². The number of halogens is 1. The van der Waals surface area contributed by atoms with Crippen LogP contribution in [-0.4, -0.2) is 6.61 Å². The summed E-state index contributed by atoms with van der Waals surface area (Å²) < 4.78 is 18.6. The van der Waals surface area contributed by atoms with Gasteiger partial charge in [0.15, 0.2) is 0 Å². The molecule has 3 heteroatoms. The summed E-state index contributed by atoms with van der Waals surface area (Å²) in [6, 6.07) is 4.17. The zero-order chi connectivity index (χ0) is 12.1. The van der Waals surface area contributed by atoms with Gasteiger partial charge in [0.1, 0.15) is 11.6 Å². The Hall–Kier alpha value is -1.35. The van der Waals surface area contributed by atoms with Gasteiger partial charge in [0, 0.05) is 18.0 Å². The molecule has 0 fully saturated rings. The zero-order valence-corrected chi connectivity index (χ0v) is 9.79. The van der Waals surface area contributed by atoms with E-state index in [1.165, 1.54) is 12.1 Å². The third-order valence-electron chi connectivity index (χ3n) is 2.25. The molecule has 0 radical (unpaired) electrons. The standard InChI is InChI=1S/C13H18FNO/c1-9(2)6-7-16-13-5-4-11(14)8-12(13)10(3)15/h4-5,8,10H,1,6-7,15H2,2-3H3. The first-order valence-corrected chi connectivity index (χ1v) is 5.33. The van der Waals surface area contributed by atoms with Crippen molar-refractivity contribution in [2.75, 3.05) is 6.61 Å². The lowest BCUT2D eigenvalue weighted by atomic mass is 10.1.